The molecular formula is C3H6ClNO6. The van der Waals surface area contributed by atoms with Crippen LogP contribution in [0.5, 0.6) is 0 Å². The third-order valence-electron chi connectivity index (χ3n) is 0.563. The molecule has 0 fully saturated rings. The van der Waals surface area contributed by atoms with Gasteiger partial charge < -0.3 is 5.73 Å². The molecule has 11 heavy (non-hydrogen) atoms. The van der Waals surface area contributed by atoms with Gasteiger partial charge in [0.1, 0.15) is 16.3 Å². The van der Waals surface area contributed by atoms with Crippen LogP contribution in [0.3, 0.4) is 0 Å². The zero-order valence-corrected chi connectivity index (χ0v) is 6.24. The highest BCUT2D eigenvalue weighted by atomic mass is 35.7. The Morgan fingerprint density at radius 2 is 2.00 bits per heavy atom. The number of carbonyl (C=O) groups excluding carboxylic acids is 1. The summed E-state index contributed by atoms with van der Waals surface area (Å²) in [4.78, 5) is 13.8. The first-order valence-corrected chi connectivity index (χ1v) is 3.63. The van der Waals surface area contributed by atoms with Gasteiger partial charge in [-0.15, -0.1) is 0 Å². The van der Waals surface area contributed by atoms with Crippen LogP contribution in [-0.2, 0) is 14.1 Å². The molecule has 0 aromatic heterocycles. The zero-order valence-electron chi connectivity index (χ0n) is 5.48. The van der Waals surface area contributed by atoms with Crippen molar-refractivity contribution in [1.29, 1.82) is 0 Å². The summed E-state index contributed by atoms with van der Waals surface area (Å²) in [6.07, 6.45) is 0. The van der Waals surface area contributed by atoms with Crippen molar-refractivity contribution in [3.63, 3.8) is 0 Å². The van der Waals surface area contributed by atoms with Crippen LogP contribution in [0, 0.1) is 10.2 Å². The lowest BCUT2D eigenvalue weighted by atomic mass is 10.4. The van der Waals surface area contributed by atoms with Gasteiger partial charge in [0.25, 0.3) is 0 Å². The van der Waals surface area contributed by atoms with Gasteiger partial charge in [0.05, 0.1) is 0 Å². The molecule has 0 unspecified atom stereocenters. The molecule has 0 amide bonds. The standard InChI is InChI=1S/C3H6ClNO6/c1-2(5)3(6)10-11-4(7,8)9/h2H,5H2,1H3/t2-/m0/s1. The molecular weight excluding hydrogens is 181 g/mol. The summed E-state index contributed by atoms with van der Waals surface area (Å²) in [6, 6.07) is -1.05. The Morgan fingerprint density at radius 3 is 2.27 bits per heavy atom. The van der Waals surface area contributed by atoms with Crippen LogP contribution in [0.15, 0.2) is 0 Å². The summed E-state index contributed by atoms with van der Waals surface area (Å²) < 4.78 is 32.0. The van der Waals surface area contributed by atoms with Crippen molar-refractivity contribution < 1.29 is 38.3 Å². The highest BCUT2D eigenvalue weighted by molar-refractivity contribution is 5.74. The first-order chi connectivity index (χ1) is 4.83. The Balaban J connectivity index is 3.64. The lowest BCUT2D eigenvalue weighted by molar-refractivity contribution is -1.93. The lowest BCUT2D eigenvalue weighted by Gasteiger charge is -2.08. The molecule has 0 aliphatic rings. The Labute approximate surface area is 64.0 Å². The zero-order chi connectivity index (χ0) is 9.07. The van der Waals surface area contributed by atoms with Crippen molar-refractivity contribution >= 4 is 5.97 Å². The molecule has 1 atom stereocenters. The molecule has 0 heterocycles. The minimum absolute atomic E-state index is 1.05. The van der Waals surface area contributed by atoms with E-state index in [1.54, 1.807) is 0 Å². The minimum Gasteiger partial charge on any atom is -0.319 e. The van der Waals surface area contributed by atoms with Crippen molar-refractivity contribution in [2.24, 2.45) is 5.73 Å². The fraction of sp³-hybridized carbons (Fsp3) is 0.667. The summed E-state index contributed by atoms with van der Waals surface area (Å²) in [5, 5.41) is 0. The quantitative estimate of drug-likeness (QED) is 0.349. The molecule has 0 radical (unpaired) electrons. The van der Waals surface area contributed by atoms with Gasteiger partial charge in [-0.1, -0.05) is 0 Å². The van der Waals surface area contributed by atoms with Gasteiger partial charge in [-0.3, -0.25) is 0 Å². The third-order valence-corrected chi connectivity index (χ3v) is 0.780. The highest BCUT2D eigenvalue weighted by Gasteiger charge is 2.25. The van der Waals surface area contributed by atoms with Crippen LogP contribution in [0.4, 0.5) is 0 Å². The molecule has 0 bridgehead atoms. The van der Waals surface area contributed by atoms with Crippen molar-refractivity contribution in [2.75, 3.05) is 0 Å². The van der Waals surface area contributed by atoms with Gasteiger partial charge in [-0.05, 0) is 6.92 Å². The highest BCUT2D eigenvalue weighted by Crippen LogP contribution is 1.92. The van der Waals surface area contributed by atoms with Crippen LogP contribution >= 0.6 is 0 Å². The van der Waals surface area contributed by atoms with E-state index in [9.17, 15) is 18.8 Å². The Kier molecular flexibility index (Phi) is 3.66. The average molecular weight is 188 g/mol. The van der Waals surface area contributed by atoms with Crippen LogP contribution in [-0.4, -0.2) is 12.0 Å². The second-order valence-electron chi connectivity index (χ2n) is 1.63. The van der Waals surface area contributed by atoms with Crippen LogP contribution in [0.2, 0.25) is 0 Å². The van der Waals surface area contributed by atoms with Gasteiger partial charge >= 0.3 is 10.4 Å². The van der Waals surface area contributed by atoms with Crippen molar-refractivity contribution in [3.8, 4) is 0 Å². The Bertz CT molecular complexity index is 141. The first kappa shape index (κ1) is 10.6. The molecule has 0 aliphatic carbocycles. The lowest BCUT2D eigenvalue weighted by Crippen LogP contribution is -2.61. The van der Waals surface area contributed by atoms with Crippen LogP contribution in [0.1, 0.15) is 6.92 Å². The first-order valence-electron chi connectivity index (χ1n) is 2.39. The molecule has 0 aliphatic heterocycles. The predicted octanol–water partition coefficient (Wildman–Crippen LogP) is -4.29. The van der Waals surface area contributed by atoms with Gasteiger partial charge in [0.2, 0.25) is 0 Å². The Morgan fingerprint density at radius 1 is 1.55 bits per heavy atom. The van der Waals surface area contributed by atoms with Crippen molar-refractivity contribution in [2.45, 2.75) is 13.0 Å². The maximum Gasteiger partial charge on any atom is 0.374 e. The van der Waals surface area contributed by atoms with Crippen LogP contribution < -0.4 is 19.7 Å². The van der Waals surface area contributed by atoms with E-state index in [4.69, 9.17) is 5.73 Å². The van der Waals surface area contributed by atoms with E-state index in [0.717, 1.165) is 0 Å². The summed E-state index contributed by atoms with van der Waals surface area (Å²) in [6.45, 7) is 1.24. The monoisotopic (exact) mass is 187 g/mol. The maximum absolute atomic E-state index is 10.3. The molecule has 0 saturated heterocycles. The van der Waals surface area contributed by atoms with Crippen molar-refractivity contribution in [3.05, 3.63) is 0 Å². The number of rotatable bonds is 3. The van der Waals surface area contributed by atoms with E-state index >= 15 is 0 Å². The molecule has 2 N–H and O–H groups in total. The second kappa shape index (κ2) is 3.81. The van der Waals surface area contributed by atoms with Gasteiger partial charge in [-0.25, -0.2) is 4.79 Å². The summed E-state index contributed by atoms with van der Waals surface area (Å²) >= 11 is 0. The van der Waals surface area contributed by atoms with E-state index in [0.29, 0.717) is 0 Å². The molecule has 0 spiro atoms. The third kappa shape index (κ3) is 5.98. The molecule has 0 aromatic rings. The number of halogens is 1. The SMILES string of the molecule is C[C@H](N)C(=O)OO[Cl+3]([O-])([O-])[O-]. The van der Waals surface area contributed by atoms with Gasteiger partial charge in [0, 0.05) is 0 Å². The van der Waals surface area contributed by atoms with Crippen molar-refractivity contribution in [1.82, 2.24) is 0 Å². The van der Waals surface area contributed by atoms with E-state index in [-0.39, 0.29) is 0 Å². The predicted molar refractivity (Wildman–Crippen MR) is 20.8 cm³/mol. The number of nitrogens with two attached hydrogens (primary N) is 1. The van der Waals surface area contributed by atoms with E-state index in [1.165, 1.54) is 6.92 Å². The molecule has 8 heteroatoms. The molecule has 0 saturated carbocycles. The molecule has 0 aromatic carbocycles. The van der Waals surface area contributed by atoms with Gasteiger partial charge in [0.15, 0.2) is 0 Å². The minimum atomic E-state index is -4.74. The molecule has 0 rings (SSSR count). The number of hydrogen-bond acceptors (Lipinski definition) is 7. The van der Waals surface area contributed by atoms with E-state index < -0.39 is 22.3 Å². The number of hydrogen-bond donors (Lipinski definition) is 1. The summed E-state index contributed by atoms with van der Waals surface area (Å²) in [5.41, 5.74) is 4.91. The second-order valence-corrected chi connectivity index (χ2v) is 2.51. The smallest absolute Gasteiger partial charge is 0.319 e. The summed E-state index contributed by atoms with van der Waals surface area (Å²) in [5.74, 6) is -1.14. The topological polar surface area (TPSA) is 131 Å². The summed E-state index contributed by atoms with van der Waals surface area (Å²) in [7, 11) is -4.74. The molecule has 7 nitrogen and oxygen atoms in total. The fourth-order valence-corrected chi connectivity index (χ4v) is 0.285. The van der Waals surface area contributed by atoms with E-state index in [2.05, 4.69) is 9.33 Å². The van der Waals surface area contributed by atoms with Gasteiger partial charge in [-0.2, -0.15) is 18.9 Å². The fourth-order valence-electron chi connectivity index (χ4n) is 0.146. The largest absolute Gasteiger partial charge is 0.374 e. The molecule has 66 valence electrons. The Hall–Kier alpha value is -0.440. The maximum atomic E-state index is 10.3. The number of carbonyl (C=O) groups is 1. The normalized spacial score (nSPS) is 14.3. The average Bonchev–Trinajstić information content (AvgIpc) is 1.80. The van der Waals surface area contributed by atoms with E-state index in [1.807, 2.05) is 0 Å². The van der Waals surface area contributed by atoms with Crippen LogP contribution in [0.25, 0.3) is 0 Å².